The zero-order valence-electron chi connectivity index (χ0n) is 10.9. The predicted molar refractivity (Wildman–Crippen MR) is 72.5 cm³/mol. The molecule has 2 rings (SSSR count). The fourth-order valence-corrected chi connectivity index (χ4v) is 2.96. The van der Waals surface area contributed by atoms with E-state index in [1.54, 1.807) is 6.92 Å². The molecule has 0 unspecified atom stereocenters. The van der Waals surface area contributed by atoms with Gasteiger partial charge in [0.1, 0.15) is 4.90 Å². The highest BCUT2D eigenvalue weighted by Crippen LogP contribution is 2.38. The van der Waals surface area contributed by atoms with Crippen molar-refractivity contribution in [2.75, 3.05) is 0 Å². The van der Waals surface area contributed by atoms with Gasteiger partial charge in [-0.1, -0.05) is 0 Å². The minimum absolute atomic E-state index is 0.159. The summed E-state index contributed by atoms with van der Waals surface area (Å²) in [5.41, 5.74) is -0.772. The van der Waals surface area contributed by atoms with Crippen LogP contribution in [0.3, 0.4) is 0 Å². The van der Waals surface area contributed by atoms with Crippen molar-refractivity contribution in [3.8, 4) is 0 Å². The Morgan fingerprint density at radius 3 is 2.19 bits per heavy atom. The summed E-state index contributed by atoms with van der Waals surface area (Å²) in [5, 5.41) is 11.9. The Kier molecular flexibility index (Phi) is 3.61. The van der Waals surface area contributed by atoms with E-state index in [1.165, 1.54) is 0 Å². The molecule has 0 heterocycles. The second kappa shape index (κ2) is 4.77. The maximum absolute atomic E-state index is 11.9. The van der Waals surface area contributed by atoms with Gasteiger partial charge >= 0.3 is 0 Å². The molecule has 1 aromatic carbocycles. The number of rotatable bonds is 4. The van der Waals surface area contributed by atoms with Crippen LogP contribution >= 0.6 is 0 Å². The molecule has 0 aliphatic heterocycles. The summed E-state index contributed by atoms with van der Waals surface area (Å²) >= 11 is 0. The van der Waals surface area contributed by atoms with E-state index in [0.717, 1.165) is 18.3 Å². The predicted octanol–water partition coefficient (Wildman–Crippen LogP) is 0.662. The quantitative estimate of drug-likeness (QED) is 0.271. The summed E-state index contributed by atoms with van der Waals surface area (Å²) in [6.45, 7) is 1.69. The molecule has 10 heteroatoms. The maximum Gasteiger partial charge on any atom is 0.295 e. The normalized spacial score (nSPS) is 18.5. The minimum Gasteiger partial charge on any atom is -0.623 e. The van der Waals surface area contributed by atoms with Crippen molar-refractivity contribution in [2.24, 2.45) is 0 Å². The van der Waals surface area contributed by atoms with Gasteiger partial charge in [-0.3, -0.25) is 9.11 Å². The number of hydrogen-bond acceptors (Lipinski definition) is 5. The van der Waals surface area contributed by atoms with E-state index in [9.17, 15) is 22.0 Å². The molecule has 116 valence electrons. The lowest BCUT2D eigenvalue weighted by Crippen LogP contribution is -2.21. The number of nitrogens with zero attached hydrogens (tertiary/aromatic N) is 1. The van der Waals surface area contributed by atoms with Gasteiger partial charge in [0.15, 0.2) is 11.8 Å². The maximum atomic E-state index is 11.9. The zero-order valence-corrected chi connectivity index (χ0v) is 12.6. The van der Waals surface area contributed by atoms with Gasteiger partial charge in [0.2, 0.25) is 0 Å². The molecule has 0 aromatic heterocycles. The molecule has 0 bridgehead atoms. The van der Waals surface area contributed by atoms with Crippen molar-refractivity contribution in [2.45, 2.75) is 35.1 Å². The summed E-state index contributed by atoms with van der Waals surface area (Å²) in [6.07, 6.45) is 2.28. The summed E-state index contributed by atoms with van der Waals surface area (Å²) in [7, 11) is -9.39. The van der Waals surface area contributed by atoms with Crippen molar-refractivity contribution in [3.63, 3.8) is 0 Å². The molecule has 0 radical (unpaired) electrons. The number of benzene rings is 1. The lowest BCUT2D eigenvalue weighted by Gasteiger charge is -2.11. The van der Waals surface area contributed by atoms with Gasteiger partial charge in [0.25, 0.3) is 20.2 Å². The second-order valence-electron chi connectivity index (χ2n) is 5.10. The standard InChI is InChI=1S/C11H13NO7S2/c1-11(4-5-11)12(13)7-8-2-3-9(20(14,15)16)6-10(8)21(17,18)19/h2-3,6-7H,4-5H2,1H3,(H,14,15,16)(H,17,18,19). The first-order valence-electron chi connectivity index (χ1n) is 5.84. The molecule has 8 nitrogen and oxygen atoms in total. The molecule has 21 heavy (non-hydrogen) atoms. The summed E-state index contributed by atoms with van der Waals surface area (Å²) < 4.78 is 63.3. The largest absolute Gasteiger partial charge is 0.623 e. The Balaban J connectivity index is 2.62. The van der Waals surface area contributed by atoms with Crippen LogP contribution in [-0.4, -0.2) is 42.4 Å². The highest BCUT2D eigenvalue weighted by atomic mass is 32.2. The molecule has 0 spiro atoms. The van der Waals surface area contributed by atoms with Crippen LogP contribution in [0.15, 0.2) is 28.0 Å². The second-order valence-corrected chi connectivity index (χ2v) is 7.91. The third kappa shape index (κ3) is 3.40. The van der Waals surface area contributed by atoms with E-state index in [2.05, 4.69) is 0 Å². The molecular formula is C11H13NO7S2. The Bertz CT molecular complexity index is 820. The first-order valence-corrected chi connectivity index (χ1v) is 8.72. The smallest absolute Gasteiger partial charge is 0.295 e. The molecular weight excluding hydrogens is 322 g/mol. The Morgan fingerprint density at radius 1 is 1.19 bits per heavy atom. The van der Waals surface area contributed by atoms with Gasteiger partial charge in [0, 0.05) is 19.8 Å². The van der Waals surface area contributed by atoms with E-state index in [-0.39, 0.29) is 5.56 Å². The molecule has 0 amide bonds. The van der Waals surface area contributed by atoms with Crippen LogP contribution in [0.25, 0.3) is 0 Å². The first-order chi connectivity index (χ1) is 9.43. The fraction of sp³-hybridized carbons (Fsp3) is 0.364. The molecule has 1 saturated carbocycles. The summed E-state index contributed by atoms with van der Waals surface area (Å²) in [5.74, 6) is 0. The molecule has 1 fully saturated rings. The van der Waals surface area contributed by atoms with Crippen LogP contribution < -0.4 is 0 Å². The van der Waals surface area contributed by atoms with Crippen molar-refractivity contribution in [1.82, 2.24) is 0 Å². The fourth-order valence-electron chi connectivity index (χ4n) is 1.69. The van der Waals surface area contributed by atoms with Crippen LogP contribution in [0.1, 0.15) is 25.3 Å². The van der Waals surface area contributed by atoms with Crippen LogP contribution in [-0.2, 0) is 20.2 Å². The van der Waals surface area contributed by atoms with Gasteiger partial charge in [-0.05, 0) is 18.2 Å². The van der Waals surface area contributed by atoms with E-state index >= 15 is 0 Å². The van der Waals surface area contributed by atoms with Crippen LogP contribution in [0.2, 0.25) is 0 Å². The highest BCUT2D eigenvalue weighted by Gasteiger charge is 2.46. The van der Waals surface area contributed by atoms with Crippen LogP contribution in [0, 0.1) is 5.21 Å². The van der Waals surface area contributed by atoms with E-state index in [0.29, 0.717) is 23.6 Å². The van der Waals surface area contributed by atoms with Gasteiger partial charge in [0.05, 0.1) is 10.5 Å². The van der Waals surface area contributed by atoms with Crippen LogP contribution in [0.5, 0.6) is 0 Å². The van der Waals surface area contributed by atoms with Crippen molar-refractivity contribution < 1.29 is 30.7 Å². The van der Waals surface area contributed by atoms with E-state index in [1.807, 2.05) is 0 Å². The Labute approximate surface area is 121 Å². The highest BCUT2D eigenvalue weighted by molar-refractivity contribution is 7.86. The Morgan fingerprint density at radius 2 is 1.76 bits per heavy atom. The van der Waals surface area contributed by atoms with Gasteiger partial charge in [-0.2, -0.15) is 16.8 Å². The van der Waals surface area contributed by atoms with Crippen molar-refractivity contribution in [3.05, 3.63) is 29.0 Å². The topological polar surface area (TPSA) is 135 Å². The molecule has 1 aliphatic rings. The summed E-state index contributed by atoms with van der Waals surface area (Å²) in [4.78, 5) is -1.45. The molecule has 0 atom stereocenters. The zero-order chi connectivity index (χ0) is 16.1. The summed E-state index contributed by atoms with van der Waals surface area (Å²) in [6, 6.07) is 2.57. The minimum atomic E-state index is -4.76. The van der Waals surface area contributed by atoms with E-state index < -0.39 is 35.6 Å². The average Bonchev–Trinajstić information content (AvgIpc) is 3.06. The lowest BCUT2D eigenvalue weighted by molar-refractivity contribution is -0.508. The molecule has 2 N–H and O–H groups in total. The number of hydrogen-bond donors (Lipinski definition) is 2. The van der Waals surface area contributed by atoms with Crippen molar-refractivity contribution >= 4 is 26.5 Å². The van der Waals surface area contributed by atoms with Crippen molar-refractivity contribution in [1.29, 1.82) is 0 Å². The third-order valence-electron chi connectivity index (χ3n) is 3.32. The van der Waals surface area contributed by atoms with Crippen LogP contribution in [0.4, 0.5) is 0 Å². The lowest BCUT2D eigenvalue weighted by atomic mass is 10.2. The SMILES string of the molecule is CC1([N+]([O-])=Cc2ccc(S(=O)(=O)O)cc2S(=O)(=O)O)CC1. The molecule has 1 aliphatic carbocycles. The third-order valence-corrected chi connectivity index (χ3v) is 5.08. The van der Waals surface area contributed by atoms with Gasteiger partial charge < -0.3 is 5.21 Å². The first kappa shape index (κ1) is 15.9. The van der Waals surface area contributed by atoms with Gasteiger partial charge in [-0.25, -0.2) is 4.74 Å². The molecule has 0 saturated heterocycles. The Hall–Kier alpha value is -1.49. The monoisotopic (exact) mass is 335 g/mol. The number of hydroxylamine groups is 1. The average molecular weight is 335 g/mol. The molecule has 1 aromatic rings. The van der Waals surface area contributed by atoms with E-state index in [4.69, 9.17) is 9.11 Å². The van der Waals surface area contributed by atoms with Gasteiger partial charge in [-0.15, -0.1) is 0 Å².